The smallest absolute Gasteiger partial charge is 0.254 e. The minimum absolute atomic E-state index is 0.0647. The lowest BCUT2D eigenvalue weighted by molar-refractivity contribution is 0.0950. The van der Waals surface area contributed by atoms with Crippen LogP contribution in [0.4, 0.5) is 4.39 Å². The van der Waals surface area contributed by atoms with Gasteiger partial charge in [0.2, 0.25) is 0 Å². The molecule has 0 fully saturated rings. The van der Waals surface area contributed by atoms with Gasteiger partial charge in [0.15, 0.2) is 0 Å². The van der Waals surface area contributed by atoms with E-state index in [1.165, 1.54) is 12.1 Å². The number of nitrogens with one attached hydrogen (secondary N) is 1. The molecule has 0 spiro atoms. The van der Waals surface area contributed by atoms with E-state index in [1.54, 1.807) is 11.3 Å². The fourth-order valence-electron chi connectivity index (χ4n) is 1.57. The van der Waals surface area contributed by atoms with Crippen molar-refractivity contribution >= 4 is 33.2 Å². The van der Waals surface area contributed by atoms with Crippen LogP contribution >= 0.6 is 27.3 Å². The zero-order chi connectivity index (χ0) is 13.8. The molecule has 6 heteroatoms. The zero-order valence-electron chi connectivity index (χ0n) is 9.82. The average molecular weight is 344 g/mol. The first-order valence-electron chi connectivity index (χ1n) is 5.57. The van der Waals surface area contributed by atoms with Gasteiger partial charge in [-0.15, -0.1) is 11.3 Å². The normalized spacial score (nSPS) is 10.4. The Labute approximate surface area is 122 Å². The number of hydrogen-bond acceptors (Lipinski definition) is 3. The lowest BCUT2D eigenvalue weighted by Crippen LogP contribution is -2.26. The molecule has 0 radical (unpaired) electrons. The third-order valence-electron chi connectivity index (χ3n) is 2.48. The highest BCUT2D eigenvalue weighted by molar-refractivity contribution is 9.11. The maximum Gasteiger partial charge on any atom is 0.254 e. The molecule has 1 aromatic heterocycles. The summed E-state index contributed by atoms with van der Waals surface area (Å²) >= 11 is 4.96. The van der Waals surface area contributed by atoms with Gasteiger partial charge in [-0.2, -0.15) is 0 Å². The molecule has 19 heavy (non-hydrogen) atoms. The summed E-state index contributed by atoms with van der Waals surface area (Å²) in [5.41, 5.74) is -0.0647. The number of aromatic hydroxyl groups is 1. The fraction of sp³-hybridized carbons (Fsp3) is 0.154. The molecule has 1 amide bonds. The molecule has 0 saturated heterocycles. The van der Waals surface area contributed by atoms with Crippen LogP contribution in [0.15, 0.2) is 34.1 Å². The number of benzene rings is 1. The summed E-state index contributed by atoms with van der Waals surface area (Å²) in [6.07, 6.45) is 0.696. The van der Waals surface area contributed by atoms with Crippen LogP contribution in [0.25, 0.3) is 0 Å². The molecular weight excluding hydrogens is 333 g/mol. The SMILES string of the molecule is O=C(NCCc1ccc(Br)s1)c1ccc(O)cc1F. The second kappa shape index (κ2) is 6.16. The molecule has 0 aliphatic carbocycles. The van der Waals surface area contributed by atoms with E-state index in [0.717, 1.165) is 14.7 Å². The summed E-state index contributed by atoms with van der Waals surface area (Å²) in [5.74, 6) is -1.40. The lowest BCUT2D eigenvalue weighted by Gasteiger charge is -2.05. The number of phenolic OH excluding ortho intramolecular Hbond substituents is 1. The van der Waals surface area contributed by atoms with Crippen LogP contribution in [-0.4, -0.2) is 17.6 Å². The second-order valence-corrected chi connectivity index (χ2v) is 6.42. The number of carbonyl (C=O) groups excluding carboxylic acids is 1. The molecule has 3 nitrogen and oxygen atoms in total. The van der Waals surface area contributed by atoms with Gasteiger partial charge in [0, 0.05) is 17.5 Å². The second-order valence-electron chi connectivity index (χ2n) is 3.88. The third kappa shape index (κ3) is 3.78. The molecule has 1 heterocycles. The van der Waals surface area contributed by atoms with Gasteiger partial charge in [0.25, 0.3) is 5.91 Å². The molecular formula is C13H11BrFNO2S. The van der Waals surface area contributed by atoms with Crippen molar-refractivity contribution in [3.05, 3.63) is 50.4 Å². The predicted molar refractivity (Wildman–Crippen MR) is 76.1 cm³/mol. The zero-order valence-corrected chi connectivity index (χ0v) is 12.2. The van der Waals surface area contributed by atoms with Crippen molar-refractivity contribution in [3.8, 4) is 5.75 Å². The molecule has 2 aromatic rings. The standard InChI is InChI=1S/C13H11BrFNO2S/c14-12-4-2-9(19-12)5-6-16-13(18)10-3-1-8(17)7-11(10)15/h1-4,7,17H,5-6H2,(H,16,18). The van der Waals surface area contributed by atoms with E-state index in [-0.39, 0.29) is 11.3 Å². The Bertz CT molecular complexity index is 600. The average Bonchev–Trinajstić information content (AvgIpc) is 2.75. The molecule has 100 valence electrons. The first-order chi connectivity index (χ1) is 9.06. The third-order valence-corrected chi connectivity index (χ3v) is 4.17. The highest BCUT2D eigenvalue weighted by Gasteiger charge is 2.11. The van der Waals surface area contributed by atoms with E-state index in [2.05, 4.69) is 21.2 Å². The van der Waals surface area contributed by atoms with Crippen LogP contribution in [-0.2, 0) is 6.42 Å². The summed E-state index contributed by atoms with van der Waals surface area (Å²) < 4.78 is 14.5. The maximum absolute atomic E-state index is 13.4. The van der Waals surface area contributed by atoms with Crippen LogP contribution < -0.4 is 5.32 Å². The van der Waals surface area contributed by atoms with E-state index in [9.17, 15) is 9.18 Å². The highest BCUT2D eigenvalue weighted by Crippen LogP contribution is 2.22. The Balaban J connectivity index is 1.90. The van der Waals surface area contributed by atoms with Crippen LogP contribution in [0.3, 0.4) is 0 Å². The Hall–Kier alpha value is -1.40. The number of rotatable bonds is 4. The number of carbonyl (C=O) groups is 1. The summed E-state index contributed by atoms with van der Waals surface area (Å²) in [6, 6.07) is 7.39. The molecule has 0 bridgehead atoms. The van der Waals surface area contributed by atoms with Crippen molar-refractivity contribution in [2.24, 2.45) is 0 Å². The lowest BCUT2D eigenvalue weighted by atomic mass is 10.2. The van der Waals surface area contributed by atoms with Gasteiger partial charge < -0.3 is 10.4 Å². The van der Waals surface area contributed by atoms with Crippen molar-refractivity contribution in [1.82, 2.24) is 5.32 Å². The van der Waals surface area contributed by atoms with E-state index in [4.69, 9.17) is 5.11 Å². The number of hydrogen-bond donors (Lipinski definition) is 2. The Morgan fingerprint density at radius 1 is 1.37 bits per heavy atom. The van der Waals surface area contributed by atoms with Crippen molar-refractivity contribution in [2.45, 2.75) is 6.42 Å². The van der Waals surface area contributed by atoms with Crippen LogP contribution in [0.5, 0.6) is 5.75 Å². The predicted octanol–water partition coefficient (Wildman–Crippen LogP) is 3.33. The Kier molecular flexibility index (Phi) is 4.55. The molecule has 1 aromatic carbocycles. The Morgan fingerprint density at radius 2 is 2.16 bits per heavy atom. The van der Waals surface area contributed by atoms with Gasteiger partial charge in [0.05, 0.1) is 9.35 Å². The first kappa shape index (κ1) is 14.0. The van der Waals surface area contributed by atoms with Gasteiger partial charge >= 0.3 is 0 Å². The molecule has 2 rings (SSSR count). The number of phenols is 1. The highest BCUT2D eigenvalue weighted by atomic mass is 79.9. The van der Waals surface area contributed by atoms with Gasteiger partial charge in [-0.25, -0.2) is 4.39 Å². The van der Waals surface area contributed by atoms with Crippen LogP contribution in [0.2, 0.25) is 0 Å². The molecule has 0 aliphatic heterocycles. The molecule has 2 N–H and O–H groups in total. The molecule has 0 atom stereocenters. The number of halogens is 2. The number of amides is 1. The summed E-state index contributed by atoms with van der Waals surface area (Å²) in [4.78, 5) is 12.9. The summed E-state index contributed by atoms with van der Waals surface area (Å²) in [7, 11) is 0. The fourth-order valence-corrected chi connectivity index (χ4v) is 3.05. The largest absolute Gasteiger partial charge is 0.508 e. The van der Waals surface area contributed by atoms with E-state index < -0.39 is 11.7 Å². The molecule has 0 aliphatic rings. The summed E-state index contributed by atoms with van der Waals surface area (Å²) in [6.45, 7) is 0.437. The molecule has 0 unspecified atom stereocenters. The molecule has 0 saturated carbocycles. The van der Waals surface area contributed by atoms with E-state index >= 15 is 0 Å². The minimum Gasteiger partial charge on any atom is -0.508 e. The number of thiophene rings is 1. The van der Waals surface area contributed by atoms with Crippen LogP contribution in [0, 0.1) is 5.82 Å². The van der Waals surface area contributed by atoms with Gasteiger partial charge in [-0.3, -0.25) is 4.79 Å². The van der Waals surface area contributed by atoms with Crippen molar-refractivity contribution in [3.63, 3.8) is 0 Å². The van der Waals surface area contributed by atoms with Gasteiger partial charge in [0.1, 0.15) is 11.6 Å². The van der Waals surface area contributed by atoms with E-state index in [0.29, 0.717) is 13.0 Å². The van der Waals surface area contributed by atoms with Crippen molar-refractivity contribution in [2.75, 3.05) is 6.54 Å². The van der Waals surface area contributed by atoms with Crippen LogP contribution in [0.1, 0.15) is 15.2 Å². The topological polar surface area (TPSA) is 49.3 Å². The Morgan fingerprint density at radius 3 is 2.79 bits per heavy atom. The van der Waals surface area contributed by atoms with Crippen molar-refractivity contribution in [1.29, 1.82) is 0 Å². The van der Waals surface area contributed by atoms with Gasteiger partial charge in [-0.05, 0) is 46.6 Å². The van der Waals surface area contributed by atoms with Gasteiger partial charge in [-0.1, -0.05) is 0 Å². The first-order valence-corrected chi connectivity index (χ1v) is 7.18. The maximum atomic E-state index is 13.4. The minimum atomic E-state index is -0.726. The van der Waals surface area contributed by atoms with E-state index in [1.807, 2.05) is 12.1 Å². The monoisotopic (exact) mass is 343 g/mol. The van der Waals surface area contributed by atoms with Crippen molar-refractivity contribution < 1.29 is 14.3 Å². The quantitative estimate of drug-likeness (QED) is 0.894. The summed E-state index contributed by atoms with van der Waals surface area (Å²) in [5, 5.41) is 11.7.